The molecular formula is C19H18N2O6S. The van der Waals surface area contributed by atoms with Gasteiger partial charge in [0, 0.05) is 0 Å². The summed E-state index contributed by atoms with van der Waals surface area (Å²) in [5.74, 6) is -0.394. The second-order valence-electron chi connectivity index (χ2n) is 5.87. The van der Waals surface area contributed by atoms with Crippen LogP contribution >= 0.6 is 11.8 Å². The maximum absolute atomic E-state index is 13.1. The van der Waals surface area contributed by atoms with Crippen molar-refractivity contribution in [1.29, 1.82) is 0 Å². The number of nitrogens with zero attached hydrogens (tertiary/aromatic N) is 2. The summed E-state index contributed by atoms with van der Waals surface area (Å²) in [5.41, 5.74) is 0.309. The lowest BCUT2D eigenvalue weighted by Crippen LogP contribution is -2.26. The molecule has 0 amide bonds. The fourth-order valence-corrected chi connectivity index (χ4v) is 3.54. The van der Waals surface area contributed by atoms with Crippen LogP contribution in [0, 0.1) is 0 Å². The van der Waals surface area contributed by atoms with Crippen LogP contribution in [-0.4, -0.2) is 41.0 Å². The average Bonchev–Trinajstić information content (AvgIpc) is 3.22. The predicted molar refractivity (Wildman–Crippen MR) is 102 cm³/mol. The molecule has 2 aromatic heterocycles. The van der Waals surface area contributed by atoms with Gasteiger partial charge in [0.1, 0.15) is 11.0 Å². The quantitative estimate of drug-likeness (QED) is 0.352. The Morgan fingerprint density at radius 3 is 2.68 bits per heavy atom. The number of rotatable bonds is 6. The highest BCUT2D eigenvalue weighted by Gasteiger charge is 2.21. The number of hydrogen-bond donors (Lipinski definition) is 0. The Balaban J connectivity index is 2.15. The number of furan rings is 1. The van der Waals surface area contributed by atoms with Crippen molar-refractivity contribution >= 4 is 34.6 Å². The van der Waals surface area contributed by atoms with E-state index in [-0.39, 0.29) is 17.7 Å². The van der Waals surface area contributed by atoms with Gasteiger partial charge in [-0.25, -0.2) is 9.78 Å². The number of fused-ring (bicyclic) bond motifs is 1. The molecule has 8 nitrogen and oxygen atoms in total. The number of thioether (sulfide) groups is 1. The van der Waals surface area contributed by atoms with Crippen LogP contribution in [-0.2, 0) is 20.8 Å². The molecule has 0 aliphatic rings. The van der Waals surface area contributed by atoms with Gasteiger partial charge in [0.15, 0.2) is 5.16 Å². The van der Waals surface area contributed by atoms with E-state index in [9.17, 15) is 14.4 Å². The summed E-state index contributed by atoms with van der Waals surface area (Å²) in [6, 6.07) is 8.01. The molecule has 0 saturated carbocycles. The van der Waals surface area contributed by atoms with E-state index in [1.165, 1.54) is 43.2 Å². The summed E-state index contributed by atoms with van der Waals surface area (Å²) >= 11 is 1.09. The Morgan fingerprint density at radius 2 is 2.04 bits per heavy atom. The van der Waals surface area contributed by atoms with Crippen molar-refractivity contribution in [3.05, 3.63) is 58.3 Å². The third-order valence-electron chi connectivity index (χ3n) is 4.05. The van der Waals surface area contributed by atoms with Crippen LogP contribution in [0.3, 0.4) is 0 Å². The number of carbonyl (C=O) groups is 2. The first-order valence-corrected chi connectivity index (χ1v) is 9.22. The molecule has 0 unspecified atom stereocenters. The highest BCUT2D eigenvalue weighted by Crippen LogP contribution is 2.24. The molecule has 146 valence electrons. The lowest BCUT2D eigenvalue weighted by molar-refractivity contribution is -0.139. The summed E-state index contributed by atoms with van der Waals surface area (Å²) in [5, 5.41) is 0.0732. The number of methoxy groups -OCH3 is 2. The zero-order chi connectivity index (χ0) is 20.3. The third-order valence-corrected chi connectivity index (χ3v) is 5.12. The van der Waals surface area contributed by atoms with Crippen LogP contribution in [0.15, 0.2) is 51.0 Å². The maximum atomic E-state index is 13.1. The summed E-state index contributed by atoms with van der Waals surface area (Å²) < 4.78 is 16.3. The van der Waals surface area contributed by atoms with Crippen molar-refractivity contribution < 1.29 is 23.5 Å². The van der Waals surface area contributed by atoms with E-state index in [0.29, 0.717) is 21.8 Å². The average molecular weight is 402 g/mol. The number of aromatic nitrogens is 2. The standard InChI is InChI=1S/C19H18N2O6S/c1-11(17(23)25-2)28-19-20-15-9-12(18(24)26-3)6-7-14(15)16(22)21(19)10-13-5-4-8-27-13/h4-9,11H,10H2,1-3H3/t11-/m0/s1. The Hall–Kier alpha value is -3.07. The molecule has 9 heteroatoms. The van der Waals surface area contributed by atoms with Crippen molar-refractivity contribution in [2.75, 3.05) is 14.2 Å². The monoisotopic (exact) mass is 402 g/mol. The molecule has 0 radical (unpaired) electrons. The second-order valence-corrected chi connectivity index (χ2v) is 7.18. The van der Waals surface area contributed by atoms with Gasteiger partial charge in [-0.15, -0.1) is 0 Å². The normalized spacial score (nSPS) is 12.0. The number of ether oxygens (including phenoxy) is 2. The van der Waals surface area contributed by atoms with Crippen LogP contribution < -0.4 is 5.56 Å². The lowest BCUT2D eigenvalue weighted by Gasteiger charge is -2.15. The minimum absolute atomic E-state index is 0.157. The SMILES string of the molecule is COC(=O)c1ccc2c(=O)n(Cc3ccco3)c(S[C@@H](C)C(=O)OC)nc2c1. The minimum atomic E-state index is -0.582. The highest BCUT2D eigenvalue weighted by atomic mass is 32.2. The largest absolute Gasteiger partial charge is 0.468 e. The number of hydrogen-bond acceptors (Lipinski definition) is 8. The van der Waals surface area contributed by atoms with Gasteiger partial charge in [-0.2, -0.15) is 0 Å². The Kier molecular flexibility index (Phi) is 5.84. The molecule has 0 fully saturated rings. The van der Waals surface area contributed by atoms with Gasteiger partial charge in [-0.1, -0.05) is 11.8 Å². The fraction of sp³-hybridized carbons (Fsp3) is 0.263. The molecule has 3 aromatic rings. The molecule has 1 atom stereocenters. The molecule has 3 rings (SSSR count). The number of carbonyl (C=O) groups excluding carboxylic acids is 2. The smallest absolute Gasteiger partial charge is 0.337 e. The summed E-state index contributed by atoms with van der Waals surface area (Å²) in [6.45, 7) is 1.82. The molecule has 1 aromatic carbocycles. The van der Waals surface area contributed by atoms with Gasteiger partial charge in [0.2, 0.25) is 0 Å². The van der Waals surface area contributed by atoms with Gasteiger partial charge in [-0.05, 0) is 37.3 Å². The zero-order valence-electron chi connectivity index (χ0n) is 15.5. The van der Waals surface area contributed by atoms with Crippen LogP contribution in [0.25, 0.3) is 10.9 Å². The topological polar surface area (TPSA) is 101 Å². The van der Waals surface area contributed by atoms with Crippen LogP contribution in [0.2, 0.25) is 0 Å². The molecule has 0 N–H and O–H groups in total. The Morgan fingerprint density at radius 1 is 1.25 bits per heavy atom. The maximum Gasteiger partial charge on any atom is 0.337 e. The molecule has 0 spiro atoms. The molecule has 2 heterocycles. The fourth-order valence-electron chi connectivity index (χ4n) is 2.61. The van der Waals surface area contributed by atoms with Crippen LogP contribution in [0.1, 0.15) is 23.0 Å². The van der Waals surface area contributed by atoms with Crippen molar-refractivity contribution in [2.24, 2.45) is 0 Å². The predicted octanol–water partition coefficient (Wildman–Crippen LogP) is 2.48. The van der Waals surface area contributed by atoms with Gasteiger partial charge >= 0.3 is 11.9 Å². The number of esters is 2. The molecule has 0 aliphatic carbocycles. The molecule has 0 bridgehead atoms. The summed E-state index contributed by atoms with van der Waals surface area (Å²) in [7, 11) is 2.58. The Bertz CT molecular complexity index is 1070. The summed E-state index contributed by atoms with van der Waals surface area (Å²) in [6.07, 6.45) is 1.52. The van der Waals surface area contributed by atoms with E-state index in [1.807, 2.05) is 0 Å². The van der Waals surface area contributed by atoms with E-state index in [2.05, 4.69) is 4.98 Å². The zero-order valence-corrected chi connectivity index (χ0v) is 16.3. The third kappa shape index (κ3) is 3.94. The molecule has 0 saturated heterocycles. The van der Waals surface area contributed by atoms with Crippen molar-refractivity contribution in [3.8, 4) is 0 Å². The first-order valence-electron chi connectivity index (χ1n) is 8.34. The van der Waals surface area contributed by atoms with Gasteiger partial charge in [0.25, 0.3) is 5.56 Å². The molecule has 28 heavy (non-hydrogen) atoms. The van der Waals surface area contributed by atoms with Crippen molar-refractivity contribution in [2.45, 2.75) is 23.9 Å². The van der Waals surface area contributed by atoms with E-state index < -0.39 is 17.2 Å². The van der Waals surface area contributed by atoms with Crippen LogP contribution in [0.4, 0.5) is 0 Å². The van der Waals surface area contributed by atoms with E-state index in [1.54, 1.807) is 19.1 Å². The van der Waals surface area contributed by atoms with E-state index in [0.717, 1.165) is 11.8 Å². The Labute approximate surface area is 164 Å². The summed E-state index contributed by atoms with van der Waals surface area (Å²) in [4.78, 5) is 41.2. The first-order chi connectivity index (χ1) is 13.4. The lowest BCUT2D eigenvalue weighted by atomic mass is 10.1. The number of benzene rings is 1. The molecule has 0 aliphatic heterocycles. The van der Waals surface area contributed by atoms with Gasteiger partial charge in [-0.3, -0.25) is 14.2 Å². The van der Waals surface area contributed by atoms with E-state index in [4.69, 9.17) is 13.9 Å². The highest BCUT2D eigenvalue weighted by molar-refractivity contribution is 8.00. The van der Waals surface area contributed by atoms with Crippen molar-refractivity contribution in [3.63, 3.8) is 0 Å². The van der Waals surface area contributed by atoms with Gasteiger partial charge in [0.05, 0.1) is 43.5 Å². The first kappa shape index (κ1) is 19.7. The second kappa shape index (κ2) is 8.30. The van der Waals surface area contributed by atoms with Crippen molar-refractivity contribution in [1.82, 2.24) is 9.55 Å². The van der Waals surface area contributed by atoms with E-state index >= 15 is 0 Å². The van der Waals surface area contributed by atoms with Gasteiger partial charge < -0.3 is 13.9 Å². The van der Waals surface area contributed by atoms with Crippen LogP contribution in [0.5, 0.6) is 0 Å². The minimum Gasteiger partial charge on any atom is -0.468 e. The molecular weight excluding hydrogens is 384 g/mol.